The highest BCUT2D eigenvalue weighted by molar-refractivity contribution is 5.96. The first-order valence-corrected chi connectivity index (χ1v) is 4.74. The quantitative estimate of drug-likeness (QED) is 0.527. The van der Waals surface area contributed by atoms with Gasteiger partial charge in [0, 0.05) is 17.7 Å². The monoisotopic (exact) mass is 197 g/mol. The fraction of sp³-hybridized carbons (Fsp3) is 0.600. The van der Waals surface area contributed by atoms with E-state index in [2.05, 4.69) is 6.58 Å². The van der Waals surface area contributed by atoms with E-state index >= 15 is 0 Å². The molecule has 14 heavy (non-hydrogen) atoms. The number of nitrogens with two attached hydrogens (primary N) is 2. The molecule has 0 rings (SSSR count). The van der Waals surface area contributed by atoms with Crippen molar-refractivity contribution in [2.75, 3.05) is 0 Å². The number of primary amides is 1. The maximum atomic E-state index is 10.7. The topological polar surface area (TPSA) is 93.0 Å². The summed E-state index contributed by atoms with van der Waals surface area (Å²) >= 11 is 0. The van der Waals surface area contributed by atoms with E-state index in [1.165, 1.54) is 6.08 Å². The molecule has 0 aromatic carbocycles. The standard InChI is InChI=1S/C10H19N3O/c1-3-8(11)9(12)6-4-5-7(2)10(13)14/h3,7,9,11H,1,4-6,12H2,2H3,(H2,13,14)/t7-,9+/m1/s1. The largest absolute Gasteiger partial charge is 0.369 e. The van der Waals surface area contributed by atoms with Crippen LogP contribution in [0.25, 0.3) is 0 Å². The maximum Gasteiger partial charge on any atom is 0.220 e. The van der Waals surface area contributed by atoms with Crippen LogP contribution in [0.15, 0.2) is 12.7 Å². The van der Waals surface area contributed by atoms with Crippen molar-refractivity contribution in [2.45, 2.75) is 32.2 Å². The van der Waals surface area contributed by atoms with E-state index in [-0.39, 0.29) is 17.9 Å². The molecule has 4 heteroatoms. The van der Waals surface area contributed by atoms with Crippen LogP contribution < -0.4 is 11.5 Å². The first-order chi connectivity index (χ1) is 6.49. The second-order valence-electron chi connectivity index (χ2n) is 3.50. The molecule has 1 amide bonds. The van der Waals surface area contributed by atoms with Crippen LogP contribution in [0.4, 0.5) is 0 Å². The average molecular weight is 197 g/mol. The summed E-state index contributed by atoms with van der Waals surface area (Å²) in [6.07, 6.45) is 3.68. The highest BCUT2D eigenvalue weighted by Gasteiger charge is 2.10. The van der Waals surface area contributed by atoms with Crippen molar-refractivity contribution in [1.29, 1.82) is 5.41 Å². The predicted molar refractivity (Wildman–Crippen MR) is 58.1 cm³/mol. The lowest BCUT2D eigenvalue weighted by molar-refractivity contribution is -0.121. The van der Waals surface area contributed by atoms with Gasteiger partial charge in [-0.05, 0) is 18.9 Å². The molecule has 0 radical (unpaired) electrons. The van der Waals surface area contributed by atoms with Gasteiger partial charge in [0.1, 0.15) is 0 Å². The highest BCUT2D eigenvalue weighted by atomic mass is 16.1. The molecule has 0 saturated carbocycles. The molecule has 0 bridgehead atoms. The van der Waals surface area contributed by atoms with Crippen LogP contribution in [0, 0.1) is 11.3 Å². The fourth-order valence-electron chi connectivity index (χ4n) is 1.09. The average Bonchev–Trinajstić information content (AvgIpc) is 2.15. The molecule has 0 aromatic heterocycles. The van der Waals surface area contributed by atoms with Crippen LogP contribution in [0.5, 0.6) is 0 Å². The molecule has 2 atom stereocenters. The Bertz CT molecular complexity index is 225. The van der Waals surface area contributed by atoms with E-state index in [0.29, 0.717) is 12.1 Å². The van der Waals surface area contributed by atoms with E-state index in [4.69, 9.17) is 16.9 Å². The minimum Gasteiger partial charge on any atom is -0.369 e. The molecule has 80 valence electrons. The van der Waals surface area contributed by atoms with Gasteiger partial charge in [0.15, 0.2) is 0 Å². The Morgan fingerprint density at radius 1 is 1.57 bits per heavy atom. The van der Waals surface area contributed by atoms with E-state index < -0.39 is 0 Å². The molecule has 0 aromatic rings. The first-order valence-electron chi connectivity index (χ1n) is 4.74. The minimum atomic E-state index is -0.280. The Hall–Kier alpha value is -1.16. The Morgan fingerprint density at radius 2 is 2.14 bits per heavy atom. The lowest BCUT2D eigenvalue weighted by Crippen LogP contribution is -2.28. The van der Waals surface area contributed by atoms with Crippen molar-refractivity contribution in [1.82, 2.24) is 0 Å². The summed E-state index contributed by atoms with van der Waals surface area (Å²) < 4.78 is 0. The lowest BCUT2D eigenvalue weighted by Gasteiger charge is -2.11. The molecule has 0 heterocycles. The zero-order valence-electron chi connectivity index (χ0n) is 8.62. The van der Waals surface area contributed by atoms with Gasteiger partial charge in [-0.25, -0.2) is 0 Å². The summed E-state index contributed by atoms with van der Waals surface area (Å²) in [5.74, 6) is -0.391. The highest BCUT2D eigenvalue weighted by Crippen LogP contribution is 2.08. The van der Waals surface area contributed by atoms with Gasteiger partial charge in [-0.1, -0.05) is 19.9 Å². The Labute approximate surface area is 84.9 Å². The summed E-state index contributed by atoms with van der Waals surface area (Å²) in [7, 11) is 0. The summed E-state index contributed by atoms with van der Waals surface area (Å²) in [6, 6.07) is -0.271. The van der Waals surface area contributed by atoms with Gasteiger partial charge in [0.2, 0.25) is 5.91 Å². The van der Waals surface area contributed by atoms with Gasteiger partial charge in [0.25, 0.3) is 0 Å². The van der Waals surface area contributed by atoms with Crippen molar-refractivity contribution in [2.24, 2.45) is 17.4 Å². The number of nitrogens with one attached hydrogen (secondary N) is 1. The third-order valence-electron chi connectivity index (χ3n) is 2.26. The van der Waals surface area contributed by atoms with Crippen LogP contribution >= 0.6 is 0 Å². The number of carbonyl (C=O) groups is 1. The van der Waals surface area contributed by atoms with Crippen LogP contribution in [0.1, 0.15) is 26.2 Å². The van der Waals surface area contributed by atoms with Gasteiger partial charge >= 0.3 is 0 Å². The normalized spacial score (nSPS) is 14.4. The van der Waals surface area contributed by atoms with Gasteiger partial charge in [-0.15, -0.1) is 0 Å². The van der Waals surface area contributed by atoms with E-state index in [9.17, 15) is 4.79 Å². The summed E-state index contributed by atoms with van der Waals surface area (Å²) in [5.41, 5.74) is 11.1. The molecule has 0 saturated heterocycles. The van der Waals surface area contributed by atoms with E-state index in [1.807, 2.05) is 0 Å². The molecule has 0 aliphatic carbocycles. The number of hydrogen-bond acceptors (Lipinski definition) is 3. The summed E-state index contributed by atoms with van der Waals surface area (Å²) in [6.45, 7) is 5.27. The third kappa shape index (κ3) is 4.77. The summed E-state index contributed by atoms with van der Waals surface area (Å²) in [5, 5.41) is 7.38. The maximum absolute atomic E-state index is 10.7. The molecular formula is C10H19N3O. The molecule has 0 unspecified atom stereocenters. The van der Waals surface area contributed by atoms with Crippen LogP contribution in [-0.2, 0) is 4.79 Å². The Balaban J connectivity index is 3.69. The molecule has 0 aliphatic heterocycles. The summed E-state index contributed by atoms with van der Waals surface area (Å²) in [4.78, 5) is 10.7. The number of rotatable bonds is 7. The lowest BCUT2D eigenvalue weighted by atomic mass is 9.99. The Morgan fingerprint density at radius 3 is 2.57 bits per heavy atom. The Kier molecular flexibility index (Phi) is 5.79. The van der Waals surface area contributed by atoms with Gasteiger partial charge < -0.3 is 16.9 Å². The van der Waals surface area contributed by atoms with Gasteiger partial charge in [-0.3, -0.25) is 4.79 Å². The van der Waals surface area contributed by atoms with Crippen molar-refractivity contribution in [3.05, 3.63) is 12.7 Å². The predicted octanol–water partition coefficient (Wildman–Crippen LogP) is 0.811. The van der Waals surface area contributed by atoms with Crippen LogP contribution in [0.3, 0.4) is 0 Å². The van der Waals surface area contributed by atoms with E-state index in [1.54, 1.807) is 6.92 Å². The molecular weight excluding hydrogens is 178 g/mol. The molecule has 0 spiro atoms. The van der Waals surface area contributed by atoms with Crippen LogP contribution in [-0.4, -0.2) is 17.7 Å². The number of hydrogen-bond donors (Lipinski definition) is 3. The number of carbonyl (C=O) groups excluding carboxylic acids is 1. The van der Waals surface area contributed by atoms with Crippen molar-refractivity contribution >= 4 is 11.6 Å². The zero-order chi connectivity index (χ0) is 11.1. The molecule has 0 aliphatic rings. The van der Waals surface area contributed by atoms with Crippen molar-refractivity contribution < 1.29 is 4.79 Å². The SMILES string of the molecule is C=CC(=N)[C@@H](N)CCC[C@@H](C)C(N)=O. The van der Waals surface area contributed by atoms with E-state index in [0.717, 1.165) is 12.8 Å². The van der Waals surface area contributed by atoms with Crippen LogP contribution in [0.2, 0.25) is 0 Å². The second-order valence-corrected chi connectivity index (χ2v) is 3.50. The second kappa shape index (κ2) is 6.32. The smallest absolute Gasteiger partial charge is 0.220 e. The third-order valence-corrected chi connectivity index (χ3v) is 2.26. The fourth-order valence-corrected chi connectivity index (χ4v) is 1.09. The molecule has 0 fully saturated rings. The first kappa shape index (κ1) is 12.8. The van der Waals surface area contributed by atoms with Crippen molar-refractivity contribution in [3.8, 4) is 0 Å². The van der Waals surface area contributed by atoms with Gasteiger partial charge in [0.05, 0.1) is 0 Å². The minimum absolute atomic E-state index is 0.111. The molecule has 5 N–H and O–H groups in total. The zero-order valence-corrected chi connectivity index (χ0v) is 8.62. The number of amides is 1. The molecule has 4 nitrogen and oxygen atoms in total. The van der Waals surface area contributed by atoms with Crippen molar-refractivity contribution in [3.63, 3.8) is 0 Å². The van der Waals surface area contributed by atoms with Gasteiger partial charge in [-0.2, -0.15) is 0 Å².